The van der Waals surface area contributed by atoms with E-state index in [4.69, 9.17) is 0 Å². The summed E-state index contributed by atoms with van der Waals surface area (Å²) in [6.07, 6.45) is 5.29. The van der Waals surface area contributed by atoms with Crippen LogP contribution in [0.3, 0.4) is 0 Å². The van der Waals surface area contributed by atoms with E-state index in [1.807, 2.05) is 25.4 Å². The maximum atomic E-state index is 4.17. The topological polar surface area (TPSA) is 37.3 Å². The molecule has 3 nitrogen and oxygen atoms in total. The van der Waals surface area contributed by atoms with Crippen LogP contribution in [0.15, 0.2) is 29.5 Å². The van der Waals surface area contributed by atoms with Crippen LogP contribution in [0.25, 0.3) is 0 Å². The van der Waals surface area contributed by atoms with Crippen molar-refractivity contribution in [1.29, 1.82) is 0 Å². The summed E-state index contributed by atoms with van der Waals surface area (Å²) in [6, 6.07) is 3.73. The smallest absolute Gasteiger partial charge is 0.0656 e. The van der Waals surface area contributed by atoms with Crippen molar-refractivity contribution in [2.24, 2.45) is 4.99 Å². The summed E-state index contributed by atoms with van der Waals surface area (Å²) < 4.78 is 0. The molecule has 0 aliphatic rings. The van der Waals surface area contributed by atoms with E-state index in [0.717, 1.165) is 12.2 Å². The van der Waals surface area contributed by atoms with Gasteiger partial charge in [-0.15, -0.1) is 0 Å². The molecule has 0 bridgehead atoms. The van der Waals surface area contributed by atoms with Gasteiger partial charge in [-0.2, -0.15) is 0 Å². The highest BCUT2D eigenvalue weighted by Gasteiger charge is 1.81. The van der Waals surface area contributed by atoms with E-state index < -0.39 is 0 Å². The molecule has 1 heterocycles. The molecule has 1 rings (SSSR count). The first-order chi connectivity index (χ1) is 5.43. The second-order valence-corrected chi connectivity index (χ2v) is 2.07. The molecule has 0 unspecified atom stereocenters. The minimum absolute atomic E-state index is 0.794. The molecule has 0 aromatic carbocycles. The Kier molecular flexibility index (Phi) is 3.28. The van der Waals surface area contributed by atoms with Crippen molar-refractivity contribution in [2.75, 3.05) is 13.6 Å². The predicted molar refractivity (Wildman–Crippen MR) is 46.3 cm³/mol. The first-order valence-electron chi connectivity index (χ1n) is 3.50. The van der Waals surface area contributed by atoms with Crippen LogP contribution in [0.2, 0.25) is 0 Å². The molecule has 11 heavy (non-hydrogen) atoms. The highest BCUT2D eigenvalue weighted by molar-refractivity contribution is 5.64. The molecule has 0 amide bonds. The van der Waals surface area contributed by atoms with E-state index >= 15 is 0 Å². The van der Waals surface area contributed by atoms with Gasteiger partial charge in [0, 0.05) is 25.2 Å². The molecule has 0 fully saturated rings. The Morgan fingerprint density at radius 3 is 2.91 bits per heavy atom. The lowest BCUT2D eigenvalue weighted by atomic mass is 10.4. The third-order valence-electron chi connectivity index (χ3n) is 1.20. The van der Waals surface area contributed by atoms with Crippen LogP contribution in [0.4, 0.5) is 5.69 Å². The molecule has 0 saturated heterocycles. The Hall–Kier alpha value is -1.22. The third-order valence-corrected chi connectivity index (χ3v) is 1.20. The fraction of sp³-hybridized carbons (Fsp3) is 0.250. The van der Waals surface area contributed by atoms with E-state index in [-0.39, 0.29) is 0 Å². The quantitative estimate of drug-likeness (QED) is 0.651. The number of nitrogens with one attached hydrogen (secondary N) is 1. The van der Waals surface area contributed by atoms with Crippen molar-refractivity contribution < 1.29 is 0 Å². The highest BCUT2D eigenvalue weighted by atomic mass is 14.8. The van der Waals surface area contributed by atoms with E-state index in [9.17, 15) is 0 Å². The Bertz CT molecular complexity index is 218. The predicted octanol–water partition coefficient (Wildman–Crippen LogP) is 1.00. The summed E-state index contributed by atoms with van der Waals surface area (Å²) in [5.41, 5.74) is 0.940. The van der Waals surface area contributed by atoms with Crippen LogP contribution in [0.5, 0.6) is 0 Å². The third kappa shape index (κ3) is 2.91. The standard InChI is InChI=1S/C8H11N3/c1-9-6-7-11-8-2-4-10-5-3-8/h2-5,7,9H,6H2,1H3. The number of aliphatic imine (C=N–C) groups is 1. The van der Waals surface area contributed by atoms with Crippen molar-refractivity contribution >= 4 is 11.9 Å². The molecule has 58 valence electrons. The van der Waals surface area contributed by atoms with Crippen LogP contribution < -0.4 is 5.32 Å². The van der Waals surface area contributed by atoms with Gasteiger partial charge in [0.25, 0.3) is 0 Å². The summed E-state index contributed by atoms with van der Waals surface area (Å²) in [6.45, 7) is 0.794. The van der Waals surface area contributed by atoms with E-state index in [1.54, 1.807) is 12.4 Å². The summed E-state index contributed by atoms with van der Waals surface area (Å²) in [4.78, 5) is 8.05. The van der Waals surface area contributed by atoms with Crippen molar-refractivity contribution in [3.05, 3.63) is 24.5 Å². The van der Waals surface area contributed by atoms with Crippen molar-refractivity contribution in [3.8, 4) is 0 Å². The van der Waals surface area contributed by atoms with Gasteiger partial charge < -0.3 is 5.32 Å². The van der Waals surface area contributed by atoms with Gasteiger partial charge in [-0.25, -0.2) is 0 Å². The number of hydrogen-bond acceptors (Lipinski definition) is 3. The molecule has 1 aromatic heterocycles. The van der Waals surface area contributed by atoms with Crippen LogP contribution in [-0.2, 0) is 0 Å². The number of rotatable bonds is 3. The second kappa shape index (κ2) is 4.57. The molecule has 0 saturated carbocycles. The van der Waals surface area contributed by atoms with Gasteiger partial charge in [0.15, 0.2) is 0 Å². The number of nitrogens with zero attached hydrogens (tertiary/aromatic N) is 2. The van der Waals surface area contributed by atoms with Gasteiger partial charge in [0.2, 0.25) is 0 Å². The Morgan fingerprint density at radius 1 is 1.55 bits per heavy atom. The molecular formula is C8H11N3. The van der Waals surface area contributed by atoms with E-state index in [0.29, 0.717) is 0 Å². The molecular weight excluding hydrogens is 138 g/mol. The number of aromatic nitrogens is 1. The zero-order chi connectivity index (χ0) is 7.94. The maximum absolute atomic E-state index is 4.17. The normalized spacial score (nSPS) is 10.6. The number of hydrogen-bond donors (Lipinski definition) is 1. The summed E-state index contributed by atoms with van der Waals surface area (Å²) in [5, 5.41) is 2.97. The van der Waals surface area contributed by atoms with Gasteiger partial charge in [-0.1, -0.05) is 0 Å². The fourth-order valence-corrected chi connectivity index (χ4v) is 0.672. The second-order valence-electron chi connectivity index (χ2n) is 2.07. The van der Waals surface area contributed by atoms with E-state index in [1.165, 1.54) is 0 Å². The lowest BCUT2D eigenvalue weighted by molar-refractivity contribution is 0.957. The van der Waals surface area contributed by atoms with E-state index in [2.05, 4.69) is 15.3 Å². The van der Waals surface area contributed by atoms with Crippen LogP contribution >= 0.6 is 0 Å². The zero-order valence-corrected chi connectivity index (χ0v) is 6.49. The largest absolute Gasteiger partial charge is 0.315 e. The first-order valence-corrected chi connectivity index (χ1v) is 3.50. The van der Waals surface area contributed by atoms with Gasteiger partial charge in [-0.3, -0.25) is 9.98 Å². The minimum Gasteiger partial charge on any atom is -0.315 e. The summed E-state index contributed by atoms with van der Waals surface area (Å²) in [5.74, 6) is 0. The Balaban J connectivity index is 2.50. The monoisotopic (exact) mass is 149 g/mol. The summed E-state index contributed by atoms with van der Waals surface area (Å²) in [7, 11) is 1.89. The SMILES string of the molecule is CNCC=Nc1ccncc1. The molecule has 0 aliphatic heterocycles. The van der Waals surface area contributed by atoms with Crippen molar-refractivity contribution in [3.63, 3.8) is 0 Å². The van der Waals surface area contributed by atoms with Crippen LogP contribution in [0, 0.1) is 0 Å². The first kappa shape index (κ1) is 7.88. The Morgan fingerprint density at radius 2 is 2.27 bits per heavy atom. The average molecular weight is 149 g/mol. The molecule has 0 radical (unpaired) electrons. The van der Waals surface area contributed by atoms with Crippen molar-refractivity contribution in [1.82, 2.24) is 10.3 Å². The molecule has 3 heteroatoms. The molecule has 0 atom stereocenters. The zero-order valence-electron chi connectivity index (χ0n) is 6.49. The minimum atomic E-state index is 0.794. The van der Waals surface area contributed by atoms with Crippen molar-refractivity contribution in [2.45, 2.75) is 0 Å². The average Bonchev–Trinajstić information content (AvgIpc) is 2.07. The fourth-order valence-electron chi connectivity index (χ4n) is 0.672. The number of pyridine rings is 1. The van der Waals surface area contributed by atoms with Gasteiger partial charge in [-0.05, 0) is 19.2 Å². The molecule has 0 aliphatic carbocycles. The van der Waals surface area contributed by atoms with Crippen LogP contribution in [-0.4, -0.2) is 24.8 Å². The lowest BCUT2D eigenvalue weighted by Crippen LogP contribution is -2.07. The summed E-state index contributed by atoms with van der Waals surface area (Å²) >= 11 is 0. The molecule has 1 N–H and O–H groups in total. The highest BCUT2D eigenvalue weighted by Crippen LogP contribution is 2.05. The van der Waals surface area contributed by atoms with Gasteiger partial charge in [0.1, 0.15) is 0 Å². The Labute approximate surface area is 66.2 Å². The lowest BCUT2D eigenvalue weighted by Gasteiger charge is -1.90. The van der Waals surface area contributed by atoms with Gasteiger partial charge in [0.05, 0.1) is 5.69 Å². The van der Waals surface area contributed by atoms with Gasteiger partial charge >= 0.3 is 0 Å². The molecule has 1 aromatic rings. The molecule has 0 spiro atoms. The van der Waals surface area contributed by atoms with Crippen LogP contribution in [0.1, 0.15) is 0 Å². The maximum Gasteiger partial charge on any atom is 0.0656 e.